The first-order valence-corrected chi connectivity index (χ1v) is 9.47. The summed E-state index contributed by atoms with van der Waals surface area (Å²) in [5, 5.41) is 7.24. The first-order valence-electron chi connectivity index (χ1n) is 9.47. The van der Waals surface area contributed by atoms with Crippen LogP contribution in [-0.4, -0.2) is 50.2 Å². The Balaban J connectivity index is 1.42. The maximum absolute atomic E-state index is 12.5. The number of amides is 1. The number of H-pyrrole nitrogens is 1. The topological polar surface area (TPSA) is 78.8 Å². The zero-order valence-corrected chi connectivity index (χ0v) is 16.1. The van der Waals surface area contributed by atoms with Crippen LogP contribution in [0.5, 0.6) is 0 Å². The van der Waals surface area contributed by atoms with Crippen molar-refractivity contribution in [3.8, 4) is 0 Å². The number of aromatic nitrogens is 4. The van der Waals surface area contributed by atoms with Crippen molar-refractivity contribution in [1.82, 2.24) is 24.6 Å². The van der Waals surface area contributed by atoms with E-state index in [9.17, 15) is 4.79 Å². The number of aryl methyl sites for hydroxylation is 3. The fourth-order valence-electron chi connectivity index (χ4n) is 3.93. The van der Waals surface area contributed by atoms with Gasteiger partial charge in [-0.25, -0.2) is 4.98 Å². The van der Waals surface area contributed by atoms with Crippen LogP contribution in [0.3, 0.4) is 0 Å². The van der Waals surface area contributed by atoms with E-state index in [1.54, 1.807) is 4.68 Å². The first kappa shape index (κ1) is 17.7. The molecule has 0 bridgehead atoms. The predicted octanol–water partition coefficient (Wildman–Crippen LogP) is 2.73. The Kier molecular flexibility index (Phi) is 4.70. The molecule has 2 aromatic heterocycles. The van der Waals surface area contributed by atoms with Gasteiger partial charge in [-0.2, -0.15) is 5.10 Å². The molecule has 1 aromatic carbocycles. The van der Waals surface area contributed by atoms with Crippen molar-refractivity contribution in [2.75, 3.05) is 25.0 Å². The number of nitrogens with one attached hydrogen (secondary N) is 2. The molecule has 2 N–H and O–H groups in total. The van der Waals surface area contributed by atoms with Crippen LogP contribution in [0.4, 0.5) is 5.69 Å². The number of aromatic amines is 1. The zero-order chi connectivity index (χ0) is 19.0. The molecule has 3 heterocycles. The molecule has 1 saturated heterocycles. The molecule has 0 aliphatic carbocycles. The second-order valence-corrected chi connectivity index (χ2v) is 7.52. The number of fused-ring (bicyclic) bond motifs is 1. The standard InChI is InChI=1S/C20H26N6O/c1-13-6-4-8-16-19(13)23-20(22-16)15-7-5-9-26(10-15)12-18(27)21-17-11-25(3)24-14(17)2/h4,6,8,11,15H,5,7,9-10,12H2,1-3H3,(H,21,27)(H,22,23)/t15-/m0/s1. The number of carbonyl (C=O) groups is 1. The largest absolute Gasteiger partial charge is 0.342 e. The van der Waals surface area contributed by atoms with Gasteiger partial charge in [0, 0.05) is 25.7 Å². The highest BCUT2D eigenvalue weighted by Gasteiger charge is 2.25. The highest BCUT2D eigenvalue weighted by Crippen LogP contribution is 2.27. The summed E-state index contributed by atoms with van der Waals surface area (Å²) in [6.07, 6.45) is 4.00. The van der Waals surface area contributed by atoms with Crippen LogP contribution < -0.4 is 5.32 Å². The third-order valence-electron chi connectivity index (χ3n) is 5.28. The number of anilines is 1. The highest BCUT2D eigenvalue weighted by molar-refractivity contribution is 5.92. The van der Waals surface area contributed by atoms with E-state index in [2.05, 4.69) is 45.4 Å². The number of hydrogen-bond donors (Lipinski definition) is 2. The summed E-state index contributed by atoms with van der Waals surface area (Å²) in [6.45, 7) is 6.17. The molecule has 7 nitrogen and oxygen atoms in total. The minimum Gasteiger partial charge on any atom is -0.342 e. The van der Waals surface area contributed by atoms with Gasteiger partial charge in [0.1, 0.15) is 5.82 Å². The average molecular weight is 366 g/mol. The lowest BCUT2D eigenvalue weighted by atomic mass is 9.97. The molecule has 1 amide bonds. The van der Waals surface area contributed by atoms with E-state index in [0.717, 1.165) is 54.2 Å². The molecule has 1 aliphatic heterocycles. The number of likely N-dealkylation sites (tertiary alicyclic amines) is 1. The lowest BCUT2D eigenvalue weighted by molar-refractivity contribution is -0.117. The number of rotatable bonds is 4. The van der Waals surface area contributed by atoms with Crippen LogP contribution in [0.15, 0.2) is 24.4 Å². The maximum atomic E-state index is 12.5. The molecule has 3 aromatic rings. The van der Waals surface area contributed by atoms with Crippen LogP contribution in [-0.2, 0) is 11.8 Å². The van der Waals surface area contributed by atoms with Gasteiger partial charge < -0.3 is 10.3 Å². The lowest BCUT2D eigenvalue weighted by Crippen LogP contribution is -2.40. The van der Waals surface area contributed by atoms with Crippen molar-refractivity contribution in [3.05, 3.63) is 41.5 Å². The van der Waals surface area contributed by atoms with Crippen molar-refractivity contribution in [2.24, 2.45) is 7.05 Å². The quantitative estimate of drug-likeness (QED) is 0.744. The van der Waals surface area contributed by atoms with E-state index in [4.69, 9.17) is 4.98 Å². The summed E-state index contributed by atoms with van der Waals surface area (Å²) in [7, 11) is 1.85. The smallest absolute Gasteiger partial charge is 0.238 e. The van der Waals surface area contributed by atoms with Crippen molar-refractivity contribution >= 4 is 22.6 Å². The number of piperidine rings is 1. The van der Waals surface area contributed by atoms with Crippen LogP contribution in [0.25, 0.3) is 11.0 Å². The van der Waals surface area contributed by atoms with Gasteiger partial charge in [0.05, 0.1) is 29.0 Å². The number of imidazole rings is 1. The van der Waals surface area contributed by atoms with Gasteiger partial charge >= 0.3 is 0 Å². The Morgan fingerprint density at radius 1 is 1.37 bits per heavy atom. The molecule has 142 valence electrons. The Morgan fingerprint density at radius 3 is 2.96 bits per heavy atom. The molecule has 27 heavy (non-hydrogen) atoms. The molecular weight excluding hydrogens is 340 g/mol. The monoisotopic (exact) mass is 366 g/mol. The minimum atomic E-state index is 0.00667. The fraction of sp³-hybridized carbons (Fsp3) is 0.450. The van der Waals surface area contributed by atoms with E-state index < -0.39 is 0 Å². The number of benzene rings is 1. The van der Waals surface area contributed by atoms with Gasteiger partial charge in [-0.3, -0.25) is 14.4 Å². The van der Waals surface area contributed by atoms with Crippen molar-refractivity contribution < 1.29 is 4.79 Å². The van der Waals surface area contributed by atoms with Gasteiger partial charge in [0.2, 0.25) is 5.91 Å². The first-order chi connectivity index (χ1) is 13.0. The number of para-hydroxylation sites is 1. The van der Waals surface area contributed by atoms with Crippen LogP contribution in [0.2, 0.25) is 0 Å². The fourth-order valence-corrected chi connectivity index (χ4v) is 3.93. The normalized spacial score (nSPS) is 18.1. The number of hydrogen-bond acceptors (Lipinski definition) is 4. The molecule has 4 rings (SSSR count). The molecule has 0 saturated carbocycles. The maximum Gasteiger partial charge on any atom is 0.238 e. The summed E-state index contributed by atoms with van der Waals surface area (Å²) < 4.78 is 1.71. The molecule has 7 heteroatoms. The van der Waals surface area contributed by atoms with Gasteiger partial charge in [-0.1, -0.05) is 12.1 Å². The number of carbonyl (C=O) groups excluding carboxylic acids is 1. The molecular formula is C20H26N6O. The number of nitrogens with zero attached hydrogens (tertiary/aromatic N) is 4. The van der Waals surface area contributed by atoms with Crippen LogP contribution in [0.1, 0.15) is 35.8 Å². The van der Waals surface area contributed by atoms with Crippen molar-refractivity contribution in [1.29, 1.82) is 0 Å². The average Bonchev–Trinajstić information content (AvgIpc) is 3.19. The summed E-state index contributed by atoms with van der Waals surface area (Å²) in [5.74, 6) is 1.37. The molecule has 1 fully saturated rings. The molecule has 1 atom stereocenters. The van der Waals surface area contributed by atoms with Gasteiger partial charge in [0.15, 0.2) is 0 Å². The zero-order valence-electron chi connectivity index (χ0n) is 16.1. The summed E-state index contributed by atoms with van der Waals surface area (Å²) in [6, 6.07) is 6.21. The SMILES string of the molecule is Cc1nn(C)cc1NC(=O)CN1CCC[C@H](c2nc3c(C)cccc3[nH]2)C1. The lowest BCUT2D eigenvalue weighted by Gasteiger charge is -2.31. The highest BCUT2D eigenvalue weighted by atomic mass is 16.2. The van der Waals surface area contributed by atoms with E-state index in [1.807, 2.05) is 20.2 Å². The van der Waals surface area contributed by atoms with Crippen LogP contribution >= 0.6 is 0 Å². The Hall–Kier alpha value is -2.67. The second kappa shape index (κ2) is 7.15. The summed E-state index contributed by atoms with van der Waals surface area (Å²) >= 11 is 0. The van der Waals surface area contributed by atoms with Gasteiger partial charge in [-0.05, 0) is 44.9 Å². The minimum absolute atomic E-state index is 0.00667. The molecule has 0 spiro atoms. The molecule has 1 aliphatic rings. The summed E-state index contributed by atoms with van der Waals surface area (Å²) in [4.78, 5) is 23.0. The van der Waals surface area contributed by atoms with Crippen molar-refractivity contribution in [3.63, 3.8) is 0 Å². The Labute approximate surface area is 158 Å². The van der Waals surface area contributed by atoms with Gasteiger partial charge in [0.25, 0.3) is 0 Å². The summed E-state index contributed by atoms with van der Waals surface area (Å²) in [5.41, 5.74) is 4.94. The molecule has 0 radical (unpaired) electrons. The van der Waals surface area contributed by atoms with Crippen molar-refractivity contribution in [2.45, 2.75) is 32.6 Å². The van der Waals surface area contributed by atoms with E-state index >= 15 is 0 Å². The third kappa shape index (κ3) is 3.73. The van der Waals surface area contributed by atoms with E-state index in [-0.39, 0.29) is 5.91 Å². The molecule has 0 unspecified atom stereocenters. The van der Waals surface area contributed by atoms with E-state index in [1.165, 1.54) is 5.56 Å². The van der Waals surface area contributed by atoms with Gasteiger partial charge in [-0.15, -0.1) is 0 Å². The Bertz CT molecular complexity index is 972. The second-order valence-electron chi connectivity index (χ2n) is 7.52. The third-order valence-corrected chi connectivity index (χ3v) is 5.28. The van der Waals surface area contributed by atoms with Crippen LogP contribution in [0, 0.1) is 13.8 Å². The Morgan fingerprint density at radius 2 is 2.22 bits per heavy atom. The van der Waals surface area contributed by atoms with E-state index in [0.29, 0.717) is 12.5 Å². The predicted molar refractivity (Wildman–Crippen MR) is 106 cm³/mol.